The van der Waals surface area contributed by atoms with E-state index >= 15 is 0 Å². The highest BCUT2D eigenvalue weighted by Crippen LogP contribution is 2.35. The van der Waals surface area contributed by atoms with Crippen LogP contribution in [0.2, 0.25) is 5.02 Å². The fraction of sp³-hybridized carbons (Fsp3) is 0.364. The molecule has 1 aliphatic heterocycles. The molecule has 0 bridgehead atoms. The zero-order valence-corrected chi connectivity index (χ0v) is 16.8. The van der Waals surface area contributed by atoms with Crippen molar-refractivity contribution in [3.8, 4) is 5.75 Å². The maximum atomic E-state index is 11.3. The van der Waals surface area contributed by atoms with Gasteiger partial charge in [0.25, 0.3) is 0 Å². The van der Waals surface area contributed by atoms with E-state index in [1.165, 1.54) is 16.6 Å². The predicted octanol–water partition coefficient (Wildman–Crippen LogP) is 4.20. The zero-order valence-electron chi connectivity index (χ0n) is 16.0. The average molecular weight is 385 g/mol. The second kappa shape index (κ2) is 6.86. The van der Waals surface area contributed by atoms with Crippen molar-refractivity contribution in [2.75, 3.05) is 20.7 Å². The van der Waals surface area contributed by atoms with Crippen LogP contribution < -0.4 is 4.74 Å². The number of benzene rings is 2. The first-order chi connectivity index (χ1) is 12.9. The van der Waals surface area contributed by atoms with Crippen molar-refractivity contribution in [2.24, 2.45) is 0 Å². The molecule has 2 aromatic carbocycles. The third kappa shape index (κ3) is 3.33. The van der Waals surface area contributed by atoms with Gasteiger partial charge in [-0.2, -0.15) is 0 Å². The highest BCUT2D eigenvalue weighted by molar-refractivity contribution is 6.31. The molecule has 1 atom stereocenters. The van der Waals surface area contributed by atoms with E-state index in [4.69, 9.17) is 16.3 Å². The van der Waals surface area contributed by atoms with Gasteiger partial charge in [-0.05, 0) is 55.4 Å². The Morgan fingerprint density at radius 1 is 1.19 bits per heavy atom. The first kappa shape index (κ1) is 18.4. The number of methoxy groups -OCH3 is 1. The monoisotopic (exact) mass is 384 g/mol. The van der Waals surface area contributed by atoms with E-state index in [0.717, 1.165) is 41.4 Å². The number of hydrogen-bond donors (Lipinski definition) is 1. The molecule has 0 radical (unpaired) electrons. The van der Waals surface area contributed by atoms with Crippen LogP contribution >= 0.6 is 11.6 Å². The van der Waals surface area contributed by atoms with Gasteiger partial charge in [-0.25, -0.2) is 0 Å². The molecule has 0 fully saturated rings. The molecular formula is C22H25ClN2O2. The van der Waals surface area contributed by atoms with E-state index in [9.17, 15) is 5.11 Å². The fourth-order valence-electron chi connectivity index (χ4n) is 4.09. The van der Waals surface area contributed by atoms with Gasteiger partial charge >= 0.3 is 0 Å². The van der Waals surface area contributed by atoms with Crippen LogP contribution in [0.4, 0.5) is 0 Å². The molecular weight excluding hydrogens is 360 g/mol. The fourth-order valence-corrected chi connectivity index (χ4v) is 4.26. The van der Waals surface area contributed by atoms with Crippen molar-refractivity contribution in [3.05, 3.63) is 64.3 Å². The molecule has 0 amide bonds. The quantitative estimate of drug-likeness (QED) is 0.732. The summed E-state index contributed by atoms with van der Waals surface area (Å²) in [6, 6.07) is 13.7. The van der Waals surface area contributed by atoms with Crippen LogP contribution in [0.15, 0.2) is 42.5 Å². The normalized spacial score (nSPS) is 16.9. The van der Waals surface area contributed by atoms with Crippen LogP contribution in [-0.4, -0.2) is 35.3 Å². The van der Waals surface area contributed by atoms with E-state index in [1.54, 1.807) is 7.11 Å². The maximum Gasteiger partial charge on any atom is 0.118 e. The SMILES string of the molecule is COc1ccc(C(C)(O)Cn2c3c(c4cc(Cl)ccc42)CN(C)CC3)cc1. The molecule has 0 aliphatic carbocycles. The summed E-state index contributed by atoms with van der Waals surface area (Å²) < 4.78 is 7.51. The molecule has 2 heterocycles. The zero-order chi connectivity index (χ0) is 19.2. The first-order valence-corrected chi connectivity index (χ1v) is 9.62. The van der Waals surface area contributed by atoms with E-state index < -0.39 is 5.60 Å². The number of aromatic nitrogens is 1. The van der Waals surface area contributed by atoms with Crippen molar-refractivity contribution >= 4 is 22.5 Å². The molecule has 142 valence electrons. The van der Waals surface area contributed by atoms with Crippen molar-refractivity contribution in [1.29, 1.82) is 0 Å². The standard InChI is InChI=1S/C22H25ClN2O2/c1-22(26,15-4-7-17(27-3)8-5-15)14-25-20-9-6-16(23)12-18(20)19-13-24(2)11-10-21(19)25/h4-9,12,26H,10-11,13-14H2,1-3H3. The second-order valence-electron chi connectivity index (χ2n) is 7.66. The molecule has 0 saturated carbocycles. The molecule has 1 unspecified atom stereocenters. The molecule has 27 heavy (non-hydrogen) atoms. The van der Waals surface area contributed by atoms with E-state index in [2.05, 4.69) is 22.6 Å². The second-order valence-corrected chi connectivity index (χ2v) is 8.10. The number of likely N-dealkylation sites (N-methyl/N-ethyl adjacent to an activating group) is 1. The minimum Gasteiger partial charge on any atom is -0.497 e. The minimum absolute atomic E-state index is 0.497. The first-order valence-electron chi connectivity index (χ1n) is 9.24. The Bertz CT molecular complexity index is 976. The smallest absolute Gasteiger partial charge is 0.118 e. The van der Waals surface area contributed by atoms with E-state index in [1.807, 2.05) is 43.3 Å². The van der Waals surface area contributed by atoms with Gasteiger partial charge in [-0.3, -0.25) is 0 Å². The lowest BCUT2D eigenvalue weighted by atomic mass is 9.95. The van der Waals surface area contributed by atoms with Crippen LogP contribution in [0.25, 0.3) is 10.9 Å². The Hall–Kier alpha value is -2.01. The summed E-state index contributed by atoms with van der Waals surface area (Å²) in [7, 11) is 3.79. The molecule has 4 nitrogen and oxygen atoms in total. The molecule has 3 aromatic rings. The summed E-state index contributed by atoms with van der Waals surface area (Å²) in [6.07, 6.45) is 0.969. The molecule has 0 spiro atoms. The summed E-state index contributed by atoms with van der Waals surface area (Å²) >= 11 is 6.28. The van der Waals surface area contributed by atoms with E-state index in [-0.39, 0.29) is 0 Å². The summed E-state index contributed by atoms with van der Waals surface area (Å²) in [5, 5.41) is 13.2. The molecule has 5 heteroatoms. The molecule has 1 aromatic heterocycles. The molecule has 0 saturated heterocycles. The number of rotatable bonds is 4. The lowest BCUT2D eigenvalue weighted by Gasteiger charge is -2.29. The van der Waals surface area contributed by atoms with Gasteiger partial charge in [-0.1, -0.05) is 23.7 Å². The number of halogens is 1. The largest absolute Gasteiger partial charge is 0.497 e. The lowest BCUT2D eigenvalue weighted by Crippen LogP contribution is -2.31. The number of fused-ring (bicyclic) bond motifs is 3. The number of nitrogens with zero attached hydrogens (tertiary/aromatic N) is 2. The maximum absolute atomic E-state index is 11.3. The van der Waals surface area contributed by atoms with E-state index in [0.29, 0.717) is 6.54 Å². The Kier molecular flexibility index (Phi) is 4.66. The number of ether oxygens (including phenoxy) is 1. The minimum atomic E-state index is -0.991. The summed E-state index contributed by atoms with van der Waals surface area (Å²) in [5.74, 6) is 0.788. The van der Waals surface area contributed by atoms with Gasteiger partial charge < -0.3 is 19.3 Å². The van der Waals surface area contributed by atoms with Gasteiger partial charge in [0.1, 0.15) is 11.4 Å². The average Bonchev–Trinajstić information content (AvgIpc) is 2.94. The van der Waals surface area contributed by atoms with Crippen molar-refractivity contribution < 1.29 is 9.84 Å². The van der Waals surface area contributed by atoms with Gasteiger partial charge in [-0.15, -0.1) is 0 Å². The van der Waals surface area contributed by atoms with Gasteiger partial charge in [0, 0.05) is 41.1 Å². The Balaban J connectivity index is 1.79. The highest BCUT2D eigenvalue weighted by atomic mass is 35.5. The van der Waals surface area contributed by atoms with Crippen LogP contribution in [0.5, 0.6) is 5.75 Å². The van der Waals surface area contributed by atoms with Crippen LogP contribution in [0, 0.1) is 0 Å². The molecule has 1 N–H and O–H groups in total. The summed E-state index contributed by atoms with van der Waals surface area (Å²) in [4.78, 5) is 2.33. The number of hydrogen-bond acceptors (Lipinski definition) is 3. The van der Waals surface area contributed by atoms with Gasteiger partial charge in [0.05, 0.1) is 13.7 Å². The Labute approximate surface area is 164 Å². The lowest BCUT2D eigenvalue weighted by molar-refractivity contribution is 0.0384. The topological polar surface area (TPSA) is 37.6 Å². The van der Waals surface area contributed by atoms with Crippen molar-refractivity contribution in [3.63, 3.8) is 0 Å². The highest BCUT2D eigenvalue weighted by Gasteiger charge is 2.29. The third-order valence-corrected chi connectivity index (χ3v) is 5.82. The van der Waals surface area contributed by atoms with Crippen LogP contribution in [-0.2, 0) is 25.1 Å². The Morgan fingerprint density at radius 2 is 1.93 bits per heavy atom. The van der Waals surface area contributed by atoms with Crippen molar-refractivity contribution in [2.45, 2.75) is 32.0 Å². The number of aliphatic hydroxyl groups is 1. The molecule has 1 aliphatic rings. The van der Waals surface area contributed by atoms with Gasteiger partial charge in [0.2, 0.25) is 0 Å². The van der Waals surface area contributed by atoms with Gasteiger partial charge in [0.15, 0.2) is 0 Å². The Morgan fingerprint density at radius 3 is 2.63 bits per heavy atom. The van der Waals surface area contributed by atoms with Crippen molar-refractivity contribution in [1.82, 2.24) is 9.47 Å². The third-order valence-electron chi connectivity index (χ3n) is 5.58. The summed E-state index contributed by atoms with van der Waals surface area (Å²) in [5.41, 5.74) is 3.65. The van der Waals surface area contributed by atoms with Crippen LogP contribution in [0.1, 0.15) is 23.7 Å². The van der Waals surface area contributed by atoms with Crippen LogP contribution in [0.3, 0.4) is 0 Å². The molecule has 4 rings (SSSR count). The summed E-state index contributed by atoms with van der Waals surface area (Å²) in [6.45, 7) is 4.29. The predicted molar refractivity (Wildman–Crippen MR) is 110 cm³/mol.